The Hall–Kier alpha value is -3.81. The maximum atomic E-state index is 12.2. The quantitative estimate of drug-likeness (QED) is 0.476. The van der Waals surface area contributed by atoms with Crippen LogP contribution in [0.2, 0.25) is 0 Å². The smallest absolute Gasteiger partial charge is 0.329 e. The molecular weight excluding hydrogens is 393 g/mol. The summed E-state index contributed by atoms with van der Waals surface area (Å²) in [5.41, 5.74) is 4.82. The number of halogens is 3. The fourth-order valence-electron chi connectivity index (χ4n) is 3.12. The summed E-state index contributed by atoms with van der Waals surface area (Å²) in [6, 6.07) is 19.8. The summed E-state index contributed by atoms with van der Waals surface area (Å²) in [7, 11) is 0. The van der Waals surface area contributed by atoms with E-state index < -0.39 is 18.8 Å². The molecule has 0 fully saturated rings. The molecule has 0 atom stereocenters. The highest BCUT2D eigenvalue weighted by Crippen LogP contribution is 2.26. The van der Waals surface area contributed by atoms with E-state index in [0.29, 0.717) is 5.69 Å². The second-order valence-electron chi connectivity index (χ2n) is 6.66. The second-order valence-corrected chi connectivity index (χ2v) is 6.66. The Morgan fingerprint density at radius 2 is 1.70 bits per heavy atom. The van der Waals surface area contributed by atoms with Gasteiger partial charge in [-0.1, -0.05) is 42.5 Å². The standard InChI is InChI=1S/C22H17F3N4O/c23-22(24,25)14-27-21(30)28-18-8-4-7-17(11-18)19-13-26-20-12-16(9-10-29(19)20)15-5-2-1-3-6-15/h1-13H,14H2,(H2,27,28,30). The molecule has 2 aromatic heterocycles. The van der Waals surface area contributed by atoms with Crippen LogP contribution in [0.1, 0.15) is 0 Å². The molecule has 0 radical (unpaired) electrons. The Labute approximate surface area is 170 Å². The molecule has 0 saturated heterocycles. The van der Waals surface area contributed by atoms with Gasteiger partial charge in [-0.05, 0) is 35.4 Å². The molecule has 30 heavy (non-hydrogen) atoms. The van der Waals surface area contributed by atoms with E-state index in [9.17, 15) is 18.0 Å². The topological polar surface area (TPSA) is 58.4 Å². The van der Waals surface area contributed by atoms with Gasteiger partial charge in [-0.25, -0.2) is 9.78 Å². The monoisotopic (exact) mass is 410 g/mol. The van der Waals surface area contributed by atoms with Crippen LogP contribution in [-0.4, -0.2) is 28.1 Å². The Morgan fingerprint density at radius 1 is 0.933 bits per heavy atom. The summed E-state index contributed by atoms with van der Waals surface area (Å²) in [6.07, 6.45) is -0.836. The van der Waals surface area contributed by atoms with Gasteiger partial charge in [-0.15, -0.1) is 0 Å². The van der Waals surface area contributed by atoms with E-state index in [0.717, 1.165) is 28.0 Å². The van der Waals surface area contributed by atoms with Crippen LogP contribution in [0.4, 0.5) is 23.7 Å². The first-order valence-electron chi connectivity index (χ1n) is 9.14. The highest BCUT2D eigenvalue weighted by Gasteiger charge is 2.27. The van der Waals surface area contributed by atoms with E-state index in [2.05, 4.69) is 10.3 Å². The van der Waals surface area contributed by atoms with Crippen molar-refractivity contribution in [3.63, 3.8) is 0 Å². The fourth-order valence-corrected chi connectivity index (χ4v) is 3.12. The number of amides is 2. The lowest BCUT2D eigenvalue weighted by Gasteiger charge is -2.11. The van der Waals surface area contributed by atoms with Crippen molar-refractivity contribution < 1.29 is 18.0 Å². The number of anilines is 1. The van der Waals surface area contributed by atoms with Crippen LogP contribution in [0.3, 0.4) is 0 Å². The number of benzene rings is 2. The van der Waals surface area contributed by atoms with Crippen molar-refractivity contribution in [1.29, 1.82) is 0 Å². The van der Waals surface area contributed by atoms with E-state index in [-0.39, 0.29) is 0 Å². The molecule has 2 amide bonds. The van der Waals surface area contributed by atoms with Crippen molar-refractivity contribution >= 4 is 17.4 Å². The van der Waals surface area contributed by atoms with E-state index in [4.69, 9.17) is 0 Å². The van der Waals surface area contributed by atoms with E-state index in [1.54, 1.807) is 29.7 Å². The molecule has 8 heteroatoms. The lowest BCUT2D eigenvalue weighted by Crippen LogP contribution is -2.36. The SMILES string of the molecule is O=C(NCC(F)(F)F)Nc1cccc(-c2cnc3cc(-c4ccccc4)ccn23)c1. The molecule has 0 aliphatic rings. The molecule has 2 heterocycles. The molecular formula is C22H17F3N4O. The number of nitrogens with one attached hydrogen (secondary N) is 2. The number of rotatable bonds is 4. The van der Waals surface area contributed by atoms with Gasteiger partial charge in [0.1, 0.15) is 12.2 Å². The lowest BCUT2D eigenvalue weighted by molar-refractivity contribution is -0.122. The summed E-state index contributed by atoms with van der Waals surface area (Å²) in [5.74, 6) is 0. The molecule has 2 N–H and O–H groups in total. The third kappa shape index (κ3) is 4.43. The maximum Gasteiger partial charge on any atom is 0.405 e. The van der Waals surface area contributed by atoms with Crippen molar-refractivity contribution in [1.82, 2.24) is 14.7 Å². The number of fused-ring (bicyclic) bond motifs is 1. The van der Waals surface area contributed by atoms with E-state index in [1.807, 2.05) is 59.1 Å². The minimum Gasteiger partial charge on any atom is -0.329 e. The van der Waals surface area contributed by atoms with Gasteiger partial charge in [-0.2, -0.15) is 13.2 Å². The van der Waals surface area contributed by atoms with Gasteiger partial charge in [0.25, 0.3) is 0 Å². The largest absolute Gasteiger partial charge is 0.405 e. The Kier molecular flexibility index (Phi) is 5.14. The van der Waals surface area contributed by atoms with Crippen molar-refractivity contribution in [2.24, 2.45) is 0 Å². The zero-order valence-corrected chi connectivity index (χ0v) is 15.6. The van der Waals surface area contributed by atoms with E-state index >= 15 is 0 Å². The lowest BCUT2D eigenvalue weighted by atomic mass is 10.1. The normalized spacial score (nSPS) is 11.4. The van der Waals surface area contributed by atoms with Gasteiger partial charge in [-0.3, -0.25) is 4.40 Å². The average Bonchev–Trinajstić information content (AvgIpc) is 3.16. The molecule has 0 spiro atoms. The summed E-state index contributed by atoms with van der Waals surface area (Å²) in [6.45, 7) is -1.39. The summed E-state index contributed by atoms with van der Waals surface area (Å²) in [4.78, 5) is 16.2. The van der Waals surface area contributed by atoms with Crippen molar-refractivity contribution in [3.05, 3.63) is 79.1 Å². The third-order valence-corrected chi connectivity index (χ3v) is 4.49. The average molecular weight is 410 g/mol. The predicted octanol–water partition coefficient (Wildman–Crippen LogP) is 5.35. The molecule has 2 aromatic carbocycles. The molecule has 4 rings (SSSR count). The molecule has 0 aliphatic carbocycles. The number of carbonyl (C=O) groups excluding carboxylic acids is 1. The Balaban J connectivity index is 1.57. The molecule has 152 valence electrons. The van der Waals surface area contributed by atoms with Gasteiger partial charge in [0.05, 0.1) is 11.9 Å². The first-order chi connectivity index (χ1) is 14.4. The number of aromatic nitrogens is 2. The minimum atomic E-state index is -4.46. The summed E-state index contributed by atoms with van der Waals surface area (Å²) >= 11 is 0. The highest BCUT2D eigenvalue weighted by molar-refractivity contribution is 5.90. The zero-order chi connectivity index (χ0) is 21.1. The second kappa shape index (κ2) is 7.90. The van der Waals surface area contributed by atoms with Crippen LogP contribution < -0.4 is 10.6 Å². The Bertz CT molecular complexity index is 1190. The number of nitrogens with zero attached hydrogens (tertiary/aromatic N) is 2. The third-order valence-electron chi connectivity index (χ3n) is 4.49. The molecule has 0 unspecified atom stereocenters. The summed E-state index contributed by atoms with van der Waals surface area (Å²) < 4.78 is 38.6. The van der Waals surface area contributed by atoms with E-state index in [1.165, 1.54) is 0 Å². The van der Waals surface area contributed by atoms with Gasteiger partial charge < -0.3 is 10.6 Å². The van der Waals surface area contributed by atoms with Gasteiger partial charge in [0, 0.05) is 17.4 Å². The predicted molar refractivity (Wildman–Crippen MR) is 109 cm³/mol. The van der Waals surface area contributed by atoms with Crippen molar-refractivity contribution in [3.8, 4) is 22.4 Å². The number of urea groups is 1. The number of carbonyl (C=O) groups is 1. The van der Waals surface area contributed by atoms with Gasteiger partial charge in [0.2, 0.25) is 0 Å². The van der Waals surface area contributed by atoms with Gasteiger partial charge >= 0.3 is 12.2 Å². The van der Waals surface area contributed by atoms with Crippen LogP contribution in [0.25, 0.3) is 28.0 Å². The first-order valence-corrected chi connectivity index (χ1v) is 9.14. The molecule has 0 aliphatic heterocycles. The van der Waals surface area contributed by atoms with Crippen LogP contribution in [0.15, 0.2) is 79.1 Å². The molecule has 0 bridgehead atoms. The molecule has 4 aromatic rings. The Morgan fingerprint density at radius 3 is 2.47 bits per heavy atom. The van der Waals surface area contributed by atoms with Crippen LogP contribution in [0.5, 0.6) is 0 Å². The van der Waals surface area contributed by atoms with Crippen LogP contribution in [0, 0.1) is 0 Å². The van der Waals surface area contributed by atoms with Gasteiger partial charge in [0.15, 0.2) is 0 Å². The zero-order valence-electron chi connectivity index (χ0n) is 15.6. The number of alkyl halides is 3. The fraction of sp³-hybridized carbons (Fsp3) is 0.0909. The minimum absolute atomic E-state index is 0.378. The summed E-state index contributed by atoms with van der Waals surface area (Å²) in [5, 5.41) is 4.20. The number of imidazole rings is 1. The molecule has 5 nitrogen and oxygen atoms in total. The number of hydrogen-bond donors (Lipinski definition) is 2. The van der Waals surface area contributed by atoms with Crippen LogP contribution in [-0.2, 0) is 0 Å². The number of pyridine rings is 1. The molecule has 0 saturated carbocycles. The highest BCUT2D eigenvalue weighted by atomic mass is 19.4. The first kappa shape index (κ1) is 19.5. The number of hydrogen-bond acceptors (Lipinski definition) is 2. The van der Waals surface area contributed by atoms with Crippen molar-refractivity contribution in [2.45, 2.75) is 6.18 Å². The van der Waals surface area contributed by atoms with Crippen LogP contribution >= 0.6 is 0 Å². The maximum absolute atomic E-state index is 12.2. The van der Waals surface area contributed by atoms with Crippen molar-refractivity contribution in [2.75, 3.05) is 11.9 Å².